The highest BCUT2D eigenvalue weighted by atomic mass is 79.9. The van der Waals surface area contributed by atoms with Gasteiger partial charge in [0.2, 0.25) is 11.9 Å². The Labute approximate surface area is 159 Å². The summed E-state index contributed by atoms with van der Waals surface area (Å²) < 4.78 is 5.98. The van der Waals surface area contributed by atoms with Gasteiger partial charge in [0.15, 0.2) is 5.82 Å². The molecule has 3 rings (SSSR count). The van der Waals surface area contributed by atoms with Crippen molar-refractivity contribution >= 4 is 51.4 Å². The van der Waals surface area contributed by atoms with Gasteiger partial charge in [0.1, 0.15) is 0 Å². The summed E-state index contributed by atoms with van der Waals surface area (Å²) in [4.78, 5) is 18.6. The van der Waals surface area contributed by atoms with Gasteiger partial charge in [-0.3, -0.25) is 0 Å². The topological polar surface area (TPSA) is 127 Å². The van der Waals surface area contributed by atoms with Crippen LogP contribution in [0, 0.1) is 0 Å². The van der Waals surface area contributed by atoms with Gasteiger partial charge in [-0.15, -0.1) is 0 Å². The molecule has 0 spiro atoms. The lowest BCUT2D eigenvalue weighted by Crippen LogP contribution is -2.36. The third kappa shape index (κ3) is 4.67. The number of nitrogens with one attached hydrogen (secondary N) is 1. The van der Waals surface area contributed by atoms with E-state index in [9.17, 15) is 0 Å². The molecular formula is C16H19BrN8O. The number of rotatable bonds is 4. The van der Waals surface area contributed by atoms with Crippen LogP contribution < -0.4 is 21.7 Å². The van der Waals surface area contributed by atoms with Gasteiger partial charge < -0.3 is 26.4 Å². The van der Waals surface area contributed by atoms with Crippen LogP contribution in [0.15, 0.2) is 44.9 Å². The van der Waals surface area contributed by atoms with Crippen LogP contribution in [0.1, 0.15) is 0 Å². The zero-order valence-electron chi connectivity index (χ0n) is 14.0. The summed E-state index contributed by atoms with van der Waals surface area (Å²) in [6.45, 7) is 3.31. The maximum absolute atomic E-state index is 5.63. The van der Waals surface area contributed by atoms with Crippen LogP contribution in [0.5, 0.6) is 0 Å². The smallest absolute Gasteiger partial charge is 0.229 e. The largest absolute Gasteiger partial charge is 0.390 e. The minimum atomic E-state index is 0.00714. The quantitative estimate of drug-likeness (QED) is 0.509. The number of ether oxygens (including phenoxy) is 1. The fourth-order valence-corrected chi connectivity index (χ4v) is 2.70. The molecule has 0 saturated carbocycles. The highest BCUT2D eigenvalue weighted by Crippen LogP contribution is 2.25. The molecule has 26 heavy (non-hydrogen) atoms. The zero-order valence-corrected chi connectivity index (χ0v) is 15.6. The molecule has 0 unspecified atom stereocenters. The Morgan fingerprint density at radius 1 is 1.27 bits per heavy atom. The van der Waals surface area contributed by atoms with Crippen molar-refractivity contribution in [3.8, 4) is 0 Å². The van der Waals surface area contributed by atoms with Gasteiger partial charge in [0.25, 0.3) is 0 Å². The number of aliphatic imine (C=N–C) groups is 2. The number of hydrogen-bond donors (Lipinski definition) is 3. The Kier molecular flexibility index (Phi) is 5.97. The Balaban J connectivity index is 1.73. The van der Waals surface area contributed by atoms with Crippen molar-refractivity contribution in [2.75, 3.05) is 36.5 Å². The van der Waals surface area contributed by atoms with Gasteiger partial charge >= 0.3 is 0 Å². The molecule has 1 aliphatic heterocycles. The van der Waals surface area contributed by atoms with Gasteiger partial charge in [0.05, 0.1) is 24.0 Å². The number of nitrogens with zero attached hydrogens (tertiary/aromatic N) is 5. The number of anilines is 3. The van der Waals surface area contributed by atoms with Crippen LogP contribution in [0.2, 0.25) is 0 Å². The molecule has 1 aromatic carbocycles. The van der Waals surface area contributed by atoms with Crippen molar-refractivity contribution in [2.45, 2.75) is 0 Å². The van der Waals surface area contributed by atoms with Crippen molar-refractivity contribution in [2.24, 2.45) is 21.5 Å². The first kappa shape index (κ1) is 18.1. The number of guanidine groups is 1. The van der Waals surface area contributed by atoms with E-state index in [-0.39, 0.29) is 5.96 Å². The first-order chi connectivity index (χ1) is 12.7. The number of nitrogens with two attached hydrogens (primary N) is 2. The monoisotopic (exact) mass is 418 g/mol. The molecule has 0 bridgehead atoms. The van der Waals surface area contributed by atoms with Crippen molar-refractivity contribution in [3.63, 3.8) is 0 Å². The van der Waals surface area contributed by atoms with Gasteiger partial charge in [-0.2, -0.15) is 9.98 Å². The van der Waals surface area contributed by atoms with E-state index in [1.807, 2.05) is 12.1 Å². The molecule has 0 radical (unpaired) electrons. The molecule has 5 N–H and O–H groups in total. The van der Waals surface area contributed by atoms with E-state index < -0.39 is 0 Å². The predicted molar refractivity (Wildman–Crippen MR) is 106 cm³/mol. The molecule has 10 heteroatoms. The molecule has 1 saturated heterocycles. The highest BCUT2D eigenvalue weighted by molar-refractivity contribution is 9.10. The molecule has 1 aliphatic rings. The van der Waals surface area contributed by atoms with Gasteiger partial charge in [-0.05, 0) is 40.2 Å². The minimum absolute atomic E-state index is 0.00714. The molecule has 1 aromatic heterocycles. The summed E-state index contributed by atoms with van der Waals surface area (Å²) in [6, 6.07) is 8.07. The number of aromatic nitrogens is 2. The molecule has 136 valence electrons. The summed E-state index contributed by atoms with van der Waals surface area (Å²) in [5, 5.41) is 3.15. The molecule has 2 heterocycles. The van der Waals surface area contributed by atoms with Crippen LogP contribution in [0.4, 0.5) is 23.1 Å². The van der Waals surface area contributed by atoms with Crippen LogP contribution >= 0.6 is 15.9 Å². The van der Waals surface area contributed by atoms with Crippen LogP contribution in [-0.2, 0) is 4.74 Å². The second-order valence-corrected chi connectivity index (χ2v) is 6.24. The van der Waals surface area contributed by atoms with Crippen molar-refractivity contribution in [1.29, 1.82) is 0 Å². The lowest BCUT2D eigenvalue weighted by molar-refractivity contribution is 0.122. The fourth-order valence-electron chi connectivity index (χ4n) is 2.42. The van der Waals surface area contributed by atoms with E-state index in [4.69, 9.17) is 16.2 Å². The fraction of sp³-hybridized carbons (Fsp3) is 0.250. The third-order valence-electron chi connectivity index (χ3n) is 3.65. The number of benzene rings is 1. The summed E-state index contributed by atoms with van der Waals surface area (Å²) in [7, 11) is 0. The van der Waals surface area contributed by atoms with Crippen molar-refractivity contribution in [1.82, 2.24) is 9.97 Å². The Morgan fingerprint density at radius 2 is 2.00 bits per heavy atom. The first-order valence-electron chi connectivity index (χ1n) is 7.96. The summed E-state index contributed by atoms with van der Waals surface area (Å²) in [6.07, 6.45) is 2.67. The number of halogens is 1. The van der Waals surface area contributed by atoms with E-state index in [0.717, 1.165) is 44.0 Å². The van der Waals surface area contributed by atoms with E-state index >= 15 is 0 Å². The average molecular weight is 419 g/mol. The number of morpholine rings is 1. The molecule has 0 atom stereocenters. The second kappa shape index (κ2) is 8.59. The lowest BCUT2D eigenvalue weighted by atomic mass is 10.2. The van der Waals surface area contributed by atoms with Gasteiger partial charge in [-0.1, -0.05) is 0 Å². The van der Waals surface area contributed by atoms with Crippen molar-refractivity contribution < 1.29 is 4.74 Å². The van der Waals surface area contributed by atoms with Crippen molar-refractivity contribution in [3.05, 3.63) is 34.9 Å². The second-order valence-electron chi connectivity index (χ2n) is 5.38. The predicted octanol–water partition coefficient (Wildman–Crippen LogP) is 1.75. The van der Waals surface area contributed by atoms with E-state index in [1.165, 1.54) is 0 Å². The summed E-state index contributed by atoms with van der Waals surface area (Å²) in [5.41, 5.74) is 12.9. The Bertz CT molecular complexity index is 802. The highest BCUT2D eigenvalue weighted by Gasteiger charge is 2.11. The summed E-state index contributed by atoms with van der Waals surface area (Å²) >= 11 is 3.33. The molecule has 1 fully saturated rings. The third-order valence-corrected chi connectivity index (χ3v) is 4.21. The van der Waals surface area contributed by atoms with Gasteiger partial charge in [0, 0.05) is 30.7 Å². The van der Waals surface area contributed by atoms with Crippen LogP contribution in [-0.4, -0.2) is 48.6 Å². The zero-order chi connectivity index (χ0) is 18.4. The van der Waals surface area contributed by atoms with Crippen LogP contribution in [0.25, 0.3) is 0 Å². The Morgan fingerprint density at radius 3 is 2.69 bits per heavy atom. The maximum Gasteiger partial charge on any atom is 0.229 e. The average Bonchev–Trinajstić information content (AvgIpc) is 2.66. The SMILES string of the molecule is N/C=N\C(N)=Nc1nc(Nc2ccc(N3CCOCC3)cc2)ncc1Br. The maximum atomic E-state index is 5.63. The number of hydrogen-bond acceptors (Lipinski definition) is 6. The van der Waals surface area contributed by atoms with E-state index in [2.05, 4.69) is 58.2 Å². The molecular weight excluding hydrogens is 400 g/mol. The molecule has 0 amide bonds. The lowest BCUT2D eigenvalue weighted by Gasteiger charge is -2.28. The van der Waals surface area contributed by atoms with Crippen LogP contribution in [0.3, 0.4) is 0 Å². The first-order valence-corrected chi connectivity index (χ1v) is 8.76. The van der Waals surface area contributed by atoms with E-state index in [1.54, 1.807) is 6.20 Å². The molecule has 2 aromatic rings. The molecule has 9 nitrogen and oxygen atoms in total. The standard InChI is InChI=1S/C16H19BrN8O/c17-13-9-20-16(24-14(13)23-15(19)21-10-18)22-11-1-3-12(4-2-11)25-5-7-26-8-6-25/h1-4,9-10H,5-8H2,(H5,18,19,20,21,22,23,24). The Hall–Kier alpha value is -2.72. The minimum Gasteiger partial charge on any atom is -0.390 e. The van der Waals surface area contributed by atoms with E-state index in [0.29, 0.717) is 16.2 Å². The van der Waals surface area contributed by atoms with Gasteiger partial charge in [-0.25, -0.2) is 9.98 Å². The normalized spacial score (nSPS) is 15.4. The molecule has 0 aliphatic carbocycles. The summed E-state index contributed by atoms with van der Waals surface area (Å²) in [5.74, 6) is 0.763.